The summed E-state index contributed by atoms with van der Waals surface area (Å²) in [5.74, 6) is 7.07. The molecular weight excluding hydrogens is 230 g/mol. The van der Waals surface area contributed by atoms with Crippen LogP contribution in [0.3, 0.4) is 0 Å². The maximum absolute atomic E-state index is 5.61. The van der Waals surface area contributed by atoms with Gasteiger partial charge in [-0.3, -0.25) is 16.0 Å². The fraction of sp³-hybridized carbons (Fsp3) is 0.833. The standard InChI is InChI=1S/C12H25N5O/c1-4-5-17-12(14-9-15-17)7-11(16-13)6-10(2)8-18-3/h9-11,16H,4-8,13H2,1-3H3. The van der Waals surface area contributed by atoms with E-state index in [4.69, 9.17) is 10.6 Å². The Morgan fingerprint density at radius 2 is 2.33 bits per heavy atom. The van der Waals surface area contributed by atoms with Crippen molar-refractivity contribution < 1.29 is 4.74 Å². The predicted octanol–water partition coefficient (Wildman–Crippen LogP) is 0.735. The maximum Gasteiger partial charge on any atom is 0.138 e. The summed E-state index contributed by atoms with van der Waals surface area (Å²) in [5, 5.41) is 4.22. The highest BCUT2D eigenvalue weighted by molar-refractivity contribution is 4.89. The predicted molar refractivity (Wildman–Crippen MR) is 70.8 cm³/mol. The average molecular weight is 255 g/mol. The molecule has 1 heterocycles. The number of hydrogen-bond acceptors (Lipinski definition) is 5. The van der Waals surface area contributed by atoms with Crippen LogP contribution >= 0.6 is 0 Å². The highest BCUT2D eigenvalue weighted by atomic mass is 16.5. The second kappa shape index (κ2) is 8.18. The molecule has 6 nitrogen and oxygen atoms in total. The molecule has 6 heteroatoms. The van der Waals surface area contributed by atoms with Crippen molar-refractivity contribution in [3.63, 3.8) is 0 Å². The van der Waals surface area contributed by atoms with Gasteiger partial charge in [0, 0.05) is 32.7 Å². The number of aryl methyl sites for hydroxylation is 1. The molecule has 2 atom stereocenters. The number of nitrogens with one attached hydrogen (secondary N) is 1. The Labute approximate surface area is 109 Å². The van der Waals surface area contributed by atoms with E-state index in [1.54, 1.807) is 13.4 Å². The van der Waals surface area contributed by atoms with Crippen LogP contribution in [0.15, 0.2) is 6.33 Å². The van der Waals surface area contributed by atoms with Crippen LogP contribution in [0.5, 0.6) is 0 Å². The van der Waals surface area contributed by atoms with Crippen LogP contribution in [0.4, 0.5) is 0 Å². The molecule has 2 unspecified atom stereocenters. The van der Waals surface area contributed by atoms with Gasteiger partial charge in [-0.1, -0.05) is 13.8 Å². The summed E-state index contributed by atoms with van der Waals surface area (Å²) in [6.07, 6.45) is 4.42. The number of aromatic nitrogens is 3. The Kier molecular flexibility index (Phi) is 6.85. The number of rotatable bonds is 9. The Bertz CT molecular complexity index is 328. The fourth-order valence-electron chi connectivity index (χ4n) is 2.11. The van der Waals surface area contributed by atoms with Gasteiger partial charge in [0.05, 0.1) is 0 Å². The first-order valence-electron chi connectivity index (χ1n) is 6.53. The second-order valence-electron chi connectivity index (χ2n) is 4.76. The van der Waals surface area contributed by atoms with Crippen LogP contribution in [0.25, 0.3) is 0 Å². The lowest BCUT2D eigenvalue weighted by atomic mass is 10.0. The second-order valence-corrected chi connectivity index (χ2v) is 4.76. The zero-order chi connectivity index (χ0) is 13.4. The summed E-state index contributed by atoms with van der Waals surface area (Å²) in [6, 6.07) is 0.204. The first-order valence-corrected chi connectivity index (χ1v) is 6.53. The van der Waals surface area contributed by atoms with Gasteiger partial charge in [0.25, 0.3) is 0 Å². The normalized spacial score (nSPS) is 14.7. The molecule has 0 bridgehead atoms. The van der Waals surface area contributed by atoms with Gasteiger partial charge in [-0.15, -0.1) is 0 Å². The SMILES string of the molecule is CCCn1ncnc1CC(CC(C)COC)NN. The van der Waals surface area contributed by atoms with Gasteiger partial charge in [0.1, 0.15) is 12.2 Å². The zero-order valence-corrected chi connectivity index (χ0v) is 11.6. The van der Waals surface area contributed by atoms with Crippen molar-refractivity contribution in [2.75, 3.05) is 13.7 Å². The maximum atomic E-state index is 5.61. The van der Waals surface area contributed by atoms with E-state index in [2.05, 4.69) is 29.4 Å². The molecule has 0 spiro atoms. The van der Waals surface area contributed by atoms with E-state index in [-0.39, 0.29) is 6.04 Å². The van der Waals surface area contributed by atoms with E-state index in [9.17, 15) is 0 Å². The molecule has 1 aromatic heterocycles. The minimum atomic E-state index is 0.204. The first-order chi connectivity index (χ1) is 8.71. The highest BCUT2D eigenvalue weighted by Gasteiger charge is 2.15. The molecule has 0 aliphatic rings. The lowest BCUT2D eigenvalue weighted by Gasteiger charge is -2.19. The molecule has 104 valence electrons. The molecule has 18 heavy (non-hydrogen) atoms. The van der Waals surface area contributed by atoms with Crippen molar-refractivity contribution in [1.29, 1.82) is 0 Å². The van der Waals surface area contributed by atoms with E-state index in [0.29, 0.717) is 5.92 Å². The van der Waals surface area contributed by atoms with Gasteiger partial charge in [-0.2, -0.15) is 5.10 Å². The van der Waals surface area contributed by atoms with Gasteiger partial charge in [-0.05, 0) is 18.8 Å². The molecule has 0 aromatic carbocycles. The van der Waals surface area contributed by atoms with Crippen LogP contribution in [0.2, 0.25) is 0 Å². The molecule has 0 fully saturated rings. The van der Waals surface area contributed by atoms with Crippen molar-refractivity contribution in [3.05, 3.63) is 12.2 Å². The third kappa shape index (κ3) is 4.72. The van der Waals surface area contributed by atoms with Crippen molar-refractivity contribution in [2.45, 2.75) is 45.7 Å². The van der Waals surface area contributed by atoms with Crippen molar-refractivity contribution in [3.8, 4) is 0 Å². The molecule has 0 radical (unpaired) electrons. The third-order valence-electron chi connectivity index (χ3n) is 2.93. The van der Waals surface area contributed by atoms with Crippen LogP contribution in [-0.2, 0) is 17.7 Å². The smallest absolute Gasteiger partial charge is 0.138 e. The Morgan fingerprint density at radius 3 is 2.94 bits per heavy atom. The topological polar surface area (TPSA) is 78.0 Å². The molecule has 3 N–H and O–H groups in total. The molecule has 0 saturated carbocycles. The van der Waals surface area contributed by atoms with E-state index in [0.717, 1.165) is 38.2 Å². The summed E-state index contributed by atoms with van der Waals surface area (Å²) in [4.78, 5) is 4.30. The molecule has 0 aliphatic carbocycles. The van der Waals surface area contributed by atoms with Crippen molar-refractivity contribution in [2.24, 2.45) is 11.8 Å². The lowest BCUT2D eigenvalue weighted by Crippen LogP contribution is -2.39. The largest absolute Gasteiger partial charge is 0.384 e. The summed E-state index contributed by atoms with van der Waals surface area (Å²) in [7, 11) is 1.72. The van der Waals surface area contributed by atoms with E-state index >= 15 is 0 Å². The van der Waals surface area contributed by atoms with E-state index in [1.807, 2.05) is 4.68 Å². The number of nitrogens with two attached hydrogens (primary N) is 1. The fourth-order valence-corrected chi connectivity index (χ4v) is 2.11. The summed E-state index contributed by atoms with van der Waals surface area (Å²) in [5.41, 5.74) is 2.86. The quantitative estimate of drug-likeness (QED) is 0.502. The number of hydrogen-bond donors (Lipinski definition) is 2. The van der Waals surface area contributed by atoms with Crippen LogP contribution in [0, 0.1) is 5.92 Å². The Balaban J connectivity index is 2.53. The van der Waals surface area contributed by atoms with E-state index in [1.165, 1.54) is 0 Å². The van der Waals surface area contributed by atoms with Gasteiger partial charge in [0.2, 0.25) is 0 Å². The number of nitrogens with zero attached hydrogens (tertiary/aromatic N) is 3. The van der Waals surface area contributed by atoms with Gasteiger partial charge < -0.3 is 4.74 Å². The molecule has 0 saturated heterocycles. The number of ether oxygens (including phenoxy) is 1. The summed E-state index contributed by atoms with van der Waals surface area (Å²) in [6.45, 7) is 5.94. The Hall–Kier alpha value is -0.980. The molecule has 0 aliphatic heterocycles. The van der Waals surface area contributed by atoms with Gasteiger partial charge >= 0.3 is 0 Å². The number of hydrazine groups is 1. The van der Waals surface area contributed by atoms with Crippen molar-refractivity contribution >= 4 is 0 Å². The highest BCUT2D eigenvalue weighted by Crippen LogP contribution is 2.10. The Morgan fingerprint density at radius 1 is 1.56 bits per heavy atom. The average Bonchev–Trinajstić information content (AvgIpc) is 2.76. The molecule has 1 aromatic rings. The summed E-state index contributed by atoms with van der Waals surface area (Å²) >= 11 is 0. The molecule has 1 rings (SSSR count). The molecular formula is C12H25N5O. The van der Waals surface area contributed by atoms with Crippen LogP contribution in [-0.4, -0.2) is 34.5 Å². The molecule has 0 amide bonds. The van der Waals surface area contributed by atoms with Crippen molar-refractivity contribution in [1.82, 2.24) is 20.2 Å². The van der Waals surface area contributed by atoms with Gasteiger partial charge in [-0.25, -0.2) is 4.98 Å². The monoisotopic (exact) mass is 255 g/mol. The lowest BCUT2D eigenvalue weighted by molar-refractivity contribution is 0.149. The zero-order valence-electron chi connectivity index (χ0n) is 11.6. The first kappa shape index (κ1) is 15.1. The number of methoxy groups -OCH3 is 1. The third-order valence-corrected chi connectivity index (χ3v) is 2.93. The van der Waals surface area contributed by atoms with Crippen LogP contribution < -0.4 is 11.3 Å². The minimum Gasteiger partial charge on any atom is -0.384 e. The minimum absolute atomic E-state index is 0.204. The summed E-state index contributed by atoms with van der Waals surface area (Å²) < 4.78 is 7.09. The van der Waals surface area contributed by atoms with Gasteiger partial charge in [0.15, 0.2) is 0 Å². The van der Waals surface area contributed by atoms with E-state index < -0.39 is 0 Å². The van der Waals surface area contributed by atoms with Crippen LogP contribution in [0.1, 0.15) is 32.5 Å².